The van der Waals surface area contributed by atoms with Gasteiger partial charge >= 0.3 is 0 Å². The number of hydrogen-bond donors (Lipinski definition) is 1. The number of nitrogens with two attached hydrogens (primary N) is 1. The van der Waals surface area contributed by atoms with E-state index in [1.165, 1.54) is 11.1 Å². The summed E-state index contributed by atoms with van der Waals surface area (Å²) >= 11 is 0. The largest absolute Gasteiger partial charge is 0.320 e. The second-order valence-electron chi connectivity index (χ2n) is 3.57. The van der Waals surface area contributed by atoms with Gasteiger partial charge in [0.15, 0.2) is 0 Å². The van der Waals surface area contributed by atoms with E-state index in [2.05, 4.69) is 30.4 Å². The van der Waals surface area contributed by atoms with E-state index in [-0.39, 0.29) is 6.04 Å². The van der Waals surface area contributed by atoms with Crippen molar-refractivity contribution in [2.45, 2.75) is 18.9 Å². The maximum atomic E-state index is 6.15. The number of hydrogen-bond acceptors (Lipinski definition) is 1. The van der Waals surface area contributed by atoms with E-state index < -0.39 is 0 Å². The van der Waals surface area contributed by atoms with E-state index >= 15 is 0 Å². The van der Waals surface area contributed by atoms with E-state index in [1.54, 1.807) is 0 Å². The first-order valence-electron chi connectivity index (χ1n) is 5.05. The van der Waals surface area contributed by atoms with Gasteiger partial charge in [0.25, 0.3) is 0 Å². The van der Waals surface area contributed by atoms with E-state index in [0.717, 1.165) is 12.8 Å². The third-order valence-electron chi connectivity index (χ3n) is 2.54. The molecule has 0 radical (unpaired) electrons. The molecule has 1 aromatic rings. The second kappa shape index (κ2) is 4.25. The van der Waals surface area contributed by atoms with Crippen LogP contribution in [0.4, 0.5) is 0 Å². The predicted octanol–water partition coefficient (Wildman–Crippen LogP) is 2.96. The summed E-state index contributed by atoms with van der Waals surface area (Å²) in [6, 6.07) is 10.3. The normalized spacial score (nSPS) is 17.6. The van der Waals surface area contributed by atoms with Gasteiger partial charge in [0, 0.05) is 0 Å². The summed E-state index contributed by atoms with van der Waals surface area (Å²) in [4.78, 5) is 0. The van der Waals surface area contributed by atoms with Crippen molar-refractivity contribution in [3.63, 3.8) is 0 Å². The highest BCUT2D eigenvalue weighted by Gasteiger charge is 2.09. The Morgan fingerprint density at radius 3 is 2.50 bits per heavy atom. The van der Waals surface area contributed by atoms with Crippen LogP contribution in [0.15, 0.2) is 54.1 Å². The molecule has 0 aromatic heterocycles. The summed E-state index contributed by atoms with van der Waals surface area (Å²) in [5, 5.41) is 0. The van der Waals surface area contributed by atoms with Crippen molar-refractivity contribution in [2.75, 3.05) is 0 Å². The fourth-order valence-corrected chi connectivity index (χ4v) is 1.72. The number of rotatable bonds is 2. The molecule has 2 N–H and O–H groups in total. The monoisotopic (exact) mass is 185 g/mol. The smallest absolute Gasteiger partial charge is 0.0548 e. The van der Waals surface area contributed by atoms with Gasteiger partial charge in [-0.3, -0.25) is 0 Å². The van der Waals surface area contributed by atoms with Crippen LogP contribution in [0, 0.1) is 0 Å². The van der Waals surface area contributed by atoms with Gasteiger partial charge in [-0.15, -0.1) is 0 Å². The van der Waals surface area contributed by atoms with E-state index in [9.17, 15) is 0 Å². The summed E-state index contributed by atoms with van der Waals surface area (Å²) in [5.41, 5.74) is 8.57. The van der Waals surface area contributed by atoms with E-state index in [0.29, 0.717) is 0 Å². The molecule has 0 aliphatic heterocycles. The Balaban J connectivity index is 2.20. The lowest BCUT2D eigenvalue weighted by Gasteiger charge is -2.15. The molecular formula is C13H15N. The lowest BCUT2D eigenvalue weighted by atomic mass is 9.95. The fourth-order valence-electron chi connectivity index (χ4n) is 1.72. The molecule has 0 heterocycles. The summed E-state index contributed by atoms with van der Waals surface area (Å²) in [6.45, 7) is 0. The summed E-state index contributed by atoms with van der Waals surface area (Å²) in [5.74, 6) is 0. The van der Waals surface area contributed by atoms with Crippen LogP contribution < -0.4 is 5.73 Å². The van der Waals surface area contributed by atoms with Crippen LogP contribution >= 0.6 is 0 Å². The fraction of sp³-hybridized carbons (Fsp3) is 0.231. The molecule has 0 bridgehead atoms. The van der Waals surface area contributed by atoms with Crippen molar-refractivity contribution >= 4 is 0 Å². The Morgan fingerprint density at radius 2 is 1.86 bits per heavy atom. The molecule has 0 spiro atoms. The zero-order valence-corrected chi connectivity index (χ0v) is 8.19. The average Bonchev–Trinajstić information content (AvgIpc) is 2.30. The van der Waals surface area contributed by atoms with Crippen LogP contribution in [0.3, 0.4) is 0 Å². The standard InChI is InChI=1S/C13H15N/c14-13(11-7-3-1-4-8-11)12-9-5-2-6-10-12/h1,3-5,7-10,13H,2,6,14H2. The van der Waals surface area contributed by atoms with Gasteiger partial charge in [0.2, 0.25) is 0 Å². The first-order valence-corrected chi connectivity index (χ1v) is 5.05. The van der Waals surface area contributed by atoms with Crippen molar-refractivity contribution in [1.82, 2.24) is 0 Å². The van der Waals surface area contributed by atoms with Gasteiger partial charge < -0.3 is 5.73 Å². The van der Waals surface area contributed by atoms with Gasteiger partial charge in [-0.2, -0.15) is 0 Å². The quantitative estimate of drug-likeness (QED) is 0.753. The minimum Gasteiger partial charge on any atom is -0.320 e. The van der Waals surface area contributed by atoms with Gasteiger partial charge in [0.1, 0.15) is 0 Å². The summed E-state index contributed by atoms with van der Waals surface area (Å²) in [7, 11) is 0. The highest BCUT2D eigenvalue weighted by molar-refractivity contribution is 5.35. The molecule has 1 atom stereocenters. The second-order valence-corrected chi connectivity index (χ2v) is 3.57. The van der Waals surface area contributed by atoms with Crippen LogP contribution in [0.1, 0.15) is 24.4 Å². The first-order chi connectivity index (χ1) is 6.88. The van der Waals surface area contributed by atoms with Crippen LogP contribution in [0.2, 0.25) is 0 Å². The van der Waals surface area contributed by atoms with Crippen molar-refractivity contribution in [3.8, 4) is 0 Å². The van der Waals surface area contributed by atoms with Crippen molar-refractivity contribution in [1.29, 1.82) is 0 Å². The highest BCUT2D eigenvalue weighted by Crippen LogP contribution is 2.23. The molecule has 2 rings (SSSR count). The Bertz CT molecular complexity index is 349. The van der Waals surface area contributed by atoms with Gasteiger partial charge in [0.05, 0.1) is 6.04 Å². The average molecular weight is 185 g/mol. The molecule has 1 heteroatoms. The van der Waals surface area contributed by atoms with Crippen LogP contribution in [-0.2, 0) is 0 Å². The molecule has 14 heavy (non-hydrogen) atoms. The summed E-state index contributed by atoms with van der Waals surface area (Å²) in [6.07, 6.45) is 8.83. The SMILES string of the molecule is NC(C1=CCCC=C1)c1ccccc1. The van der Waals surface area contributed by atoms with Gasteiger partial charge in [-0.05, 0) is 24.0 Å². The Labute approximate surface area is 84.9 Å². The molecule has 0 saturated carbocycles. The Morgan fingerprint density at radius 1 is 1.07 bits per heavy atom. The van der Waals surface area contributed by atoms with Gasteiger partial charge in [-0.1, -0.05) is 48.6 Å². The molecule has 1 aliphatic rings. The zero-order valence-electron chi connectivity index (χ0n) is 8.19. The third-order valence-corrected chi connectivity index (χ3v) is 2.54. The van der Waals surface area contributed by atoms with Crippen molar-refractivity contribution < 1.29 is 0 Å². The zero-order chi connectivity index (χ0) is 9.80. The first kappa shape index (κ1) is 9.22. The van der Waals surface area contributed by atoms with Crippen LogP contribution in [0.5, 0.6) is 0 Å². The Hall–Kier alpha value is -1.34. The number of allylic oxidation sites excluding steroid dienone is 2. The van der Waals surface area contributed by atoms with Gasteiger partial charge in [-0.25, -0.2) is 0 Å². The van der Waals surface area contributed by atoms with Crippen LogP contribution in [0.25, 0.3) is 0 Å². The molecule has 1 nitrogen and oxygen atoms in total. The van der Waals surface area contributed by atoms with Crippen molar-refractivity contribution in [2.24, 2.45) is 5.73 Å². The van der Waals surface area contributed by atoms with Crippen molar-refractivity contribution in [3.05, 3.63) is 59.7 Å². The highest BCUT2D eigenvalue weighted by atomic mass is 14.6. The maximum Gasteiger partial charge on any atom is 0.0548 e. The molecule has 0 saturated heterocycles. The lowest BCUT2D eigenvalue weighted by Crippen LogP contribution is -2.12. The molecule has 0 amide bonds. The third kappa shape index (κ3) is 1.94. The minimum absolute atomic E-state index is 0.0350. The predicted molar refractivity (Wildman–Crippen MR) is 59.8 cm³/mol. The molecule has 72 valence electrons. The Kier molecular flexibility index (Phi) is 2.80. The minimum atomic E-state index is 0.0350. The van der Waals surface area contributed by atoms with E-state index in [1.807, 2.05) is 18.2 Å². The lowest BCUT2D eigenvalue weighted by molar-refractivity contribution is 0.843. The molecule has 1 unspecified atom stereocenters. The molecular weight excluding hydrogens is 170 g/mol. The summed E-state index contributed by atoms with van der Waals surface area (Å²) < 4.78 is 0. The molecule has 0 fully saturated rings. The van der Waals surface area contributed by atoms with Crippen LogP contribution in [-0.4, -0.2) is 0 Å². The topological polar surface area (TPSA) is 26.0 Å². The number of benzene rings is 1. The molecule has 1 aromatic carbocycles. The maximum absolute atomic E-state index is 6.15. The van der Waals surface area contributed by atoms with E-state index in [4.69, 9.17) is 5.73 Å². The molecule has 1 aliphatic carbocycles.